The number of allylic oxidation sites excluding steroid dienone is 3. The zero-order chi connectivity index (χ0) is 48.8. The van der Waals surface area contributed by atoms with Gasteiger partial charge in [0.15, 0.2) is 22.4 Å². The molecule has 1 saturated heterocycles. The van der Waals surface area contributed by atoms with Crippen molar-refractivity contribution in [2.75, 3.05) is 50.1 Å². The van der Waals surface area contributed by atoms with Crippen molar-refractivity contribution in [3.8, 4) is 11.5 Å². The first kappa shape index (κ1) is 48.9. The van der Waals surface area contributed by atoms with Crippen molar-refractivity contribution in [3.63, 3.8) is 0 Å². The number of phenols is 1. The highest BCUT2D eigenvalue weighted by Crippen LogP contribution is 2.42. The largest absolute Gasteiger partial charge is 0.507 e. The molecule has 1 fully saturated rings. The van der Waals surface area contributed by atoms with Crippen molar-refractivity contribution in [1.29, 1.82) is 0 Å². The van der Waals surface area contributed by atoms with Crippen LogP contribution in [0.25, 0.3) is 38.7 Å². The monoisotopic (exact) mass is 924 g/mol. The number of hydrogen-bond donors (Lipinski definition) is 4. The lowest BCUT2D eigenvalue weighted by Crippen LogP contribution is -2.47. The number of aromatic hydroxyl groups is 1. The van der Waals surface area contributed by atoms with Gasteiger partial charge < -0.3 is 48.9 Å². The number of piperazine rings is 1. The number of carbonyl (C=O) groups is 2. The normalized spacial score (nSPS) is 28.6. The van der Waals surface area contributed by atoms with Gasteiger partial charge in [0.05, 0.1) is 29.1 Å². The van der Waals surface area contributed by atoms with Gasteiger partial charge in [-0.2, -0.15) is 0 Å². The Balaban J connectivity index is 1.45. The van der Waals surface area contributed by atoms with E-state index in [1.807, 2.05) is 33.8 Å². The Morgan fingerprint density at radius 2 is 1.70 bits per heavy atom. The first-order valence-electron chi connectivity index (χ1n) is 23.1. The maximum atomic E-state index is 14.9. The van der Waals surface area contributed by atoms with E-state index in [1.165, 1.54) is 40.2 Å². The number of nitrogens with one attached hydrogen (secondary N) is 1. The van der Waals surface area contributed by atoms with E-state index in [9.17, 15) is 34.5 Å². The maximum Gasteiger partial charge on any atom is 0.307 e. The summed E-state index contributed by atoms with van der Waals surface area (Å²) in [5.74, 6) is -4.97. The fraction of sp³-hybridized carbons (Fsp3) is 0.510. The summed E-state index contributed by atoms with van der Waals surface area (Å²) >= 11 is 0. The van der Waals surface area contributed by atoms with Gasteiger partial charge in [-0.1, -0.05) is 59.8 Å². The summed E-state index contributed by atoms with van der Waals surface area (Å²) in [6, 6.07) is 3.19. The Labute approximate surface area is 389 Å². The number of benzene rings is 3. The van der Waals surface area contributed by atoms with E-state index in [4.69, 9.17) is 28.3 Å². The van der Waals surface area contributed by atoms with E-state index in [0.717, 1.165) is 19.6 Å². The van der Waals surface area contributed by atoms with Crippen LogP contribution in [-0.2, 0) is 23.8 Å². The Kier molecular flexibility index (Phi) is 14.1. The second-order valence-electron chi connectivity index (χ2n) is 19.2. The highest BCUT2D eigenvalue weighted by Gasteiger charge is 2.44. The number of nitrogens with zero attached hydrogens (tertiary/aromatic N) is 3. The second-order valence-corrected chi connectivity index (χ2v) is 19.2. The Hall–Kier alpha value is -5.97. The van der Waals surface area contributed by atoms with E-state index >= 15 is 0 Å². The quantitative estimate of drug-likeness (QED) is 0.0974. The van der Waals surface area contributed by atoms with Gasteiger partial charge in [0.25, 0.3) is 5.91 Å². The average molecular weight is 925 g/mol. The molecular weight excluding hydrogens is 861 g/mol. The molecule has 0 radical (unpaired) electrons. The van der Waals surface area contributed by atoms with Crippen LogP contribution in [-0.4, -0.2) is 101 Å². The molecule has 4 heterocycles. The van der Waals surface area contributed by atoms with Gasteiger partial charge in [0.1, 0.15) is 28.8 Å². The lowest BCUT2D eigenvalue weighted by atomic mass is 9.79. The van der Waals surface area contributed by atoms with Crippen LogP contribution in [0.15, 0.2) is 62.3 Å². The number of fused-ring (bicyclic) bond motifs is 2. The van der Waals surface area contributed by atoms with Crippen molar-refractivity contribution in [3.05, 3.63) is 79.5 Å². The van der Waals surface area contributed by atoms with Crippen molar-refractivity contribution < 1.29 is 48.3 Å². The second kappa shape index (κ2) is 19.3. The van der Waals surface area contributed by atoms with Crippen LogP contribution < -0.4 is 31.0 Å². The number of phenolic OH excluding ortho intramolecular Hbond substituents is 1. The Bertz CT molecular complexity index is 2860. The molecule has 4 N–H and O–H groups in total. The molecule has 1 amide bonds. The van der Waals surface area contributed by atoms with E-state index < -0.39 is 70.2 Å². The van der Waals surface area contributed by atoms with Gasteiger partial charge in [-0.3, -0.25) is 24.1 Å². The number of aliphatic hydroxyl groups excluding tert-OH is 2. The summed E-state index contributed by atoms with van der Waals surface area (Å²) < 4.78 is 30.7. The van der Waals surface area contributed by atoms with E-state index in [2.05, 4.69) is 29.0 Å². The molecule has 3 aliphatic rings. The molecule has 1 aromatic heterocycles. The van der Waals surface area contributed by atoms with Gasteiger partial charge >= 0.3 is 11.8 Å². The Morgan fingerprint density at radius 1 is 1.00 bits per heavy atom. The number of rotatable bonds is 5. The lowest BCUT2D eigenvalue weighted by molar-refractivity contribution is -0.159. The molecule has 0 spiro atoms. The van der Waals surface area contributed by atoms with Gasteiger partial charge in [-0.05, 0) is 44.1 Å². The molecule has 0 saturated carbocycles. The molecule has 3 aromatic carbocycles. The van der Waals surface area contributed by atoms with Crippen LogP contribution in [0.1, 0.15) is 74.3 Å². The predicted octanol–water partition coefficient (Wildman–Crippen LogP) is 6.37. The SMILES string of the molecule is CO[C@H]1/C=C/O[C@@]2(C)Oc3c(C)c(O)c4c(=O)c(c5oc6cc(N7CCN(CC(C)C)CC7)cc(=O)c6nc5c4c3=C2O)NC(=O)/C(C)=C\C=C\[C@H](C)C[C@@H](C)[C@@H](O)[C@@H](C)[C@H](OC(C)=O)C1C. The molecule has 4 bridgehead atoms. The minimum absolute atomic E-state index is 0.0269. The van der Waals surface area contributed by atoms with Crippen molar-refractivity contribution in [1.82, 2.24) is 9.88 Å². The van der Waals surface area contributed by atoms with Gasteiger partial charge in [-0.15, -0.1) is 0 Å². The summed E-state index contributed by atoms with van der Waals surface area (Å²) in [6.45, 7) is 21.7. The zero-order valence-corrected chi connectivity index (χ0v) is 40.3. The average Bonchev–Trinajstić information content (AvgIpc) is 3.54. The molecular formula is C51H64N4O12. The van der Waals surface area contributed by atoms with Gasteiger partial charge in [0.2, 0.25) is 10.9 Å². The van der Waals surface area contributed by atoms with E-state index in [0.29, 0.717) is 31.1 Å². The first-order valence-corrected chi connectivity index (χ1v) is 23.1. The fourth-order valence-electron chi connectivity index (χ4n) is 9.83. The van der Waals surface area contributed by atoms with Crippen LogP contribution >= 0.6 is 0 Å². The van der Waals surface area contributed by atoms with Crippen LogP contribution in [0.5, 0.6) is 11.5 Å². The molecule has 1 unspecified atom stereocenters. The standard InChI is InChI=1S/C51H64N4O12/c1-25(2)24-54-16-18-55(19-17-54)33-22-34(57)40-36(23-33)66-48-41(52-40)37-38-44(59)31(8)47-39(37)49(61)51(10,67-47)64-20-15-35(63-11)29(6)46(65-32(9)56)30(7)43(58)28(5)21-26(3)13-12-14-27(4)50(62)53-42(48)45(38)60/h12-15,20,22-23,25-26,28-30,35,43,46,58-59,61H,16-19,21,24H2,1-11H3,(H,53,62)/b13-12+,20-15+,27-14-/t26-,28+,29?,30+,35-,43+,46+,51-/m0/s1. The molecule has 67 heavy (non-hydrogen) atoms. The molecule has 16 heteroatoms. The number of carbonyl (C=O) groups excluding carboxylic acids is 2. The summed E-state index contributed by atoms with van der Waals surface area (Å²) in [7, 11) is 1.48. The molecule has 8 atom stereocenters. The highest BCUT2D eigenvalue weighted by atomic mass is 16.7. The van der Waals surface area contributed by atoms with E-state index in [-0.39, 0.29) is 72.6 Å². The number of methoxy groups -OCH3 is 1. The number of hydrogen-bond acceptors (Lipinski definition) is 15. The summed E-state index contributed by atoms with van der Waals surface area (Å²) in [5, 5.41) is 38.0. The van der Waals surface area contributed by atoms with Crippen molar-refractivity contribution in [2.45, 2.75) is 99.8 Å². The molecule has 7 rings (SSSR count). The topological polar surface area (TPSA) is 210 Å². The molecule has 360 valence electrons. The highest BCUT2D eigenvalue weighted by molar-refractivity contribution is 6.16. The summed E-state index contributed by atoms with van der Waals surface area (Å²) in [5.41, 5.74) is -1.02. The number of ether oxygens (including phenoxy) is 4. The predicted molar refractivity (Wildman–Crippen MR) is 257 cm³/mol. The fourth-order valence-corrected chi connectivity index (χ4v) is 9.83. The first-order chi connectivity index (χ1) is 31.6. The zero-order valence-electron chi connectivity index (χ0n) is 40.3. The van der Waals surface area contributed by atoms with Crippen LogP contribution in [0.4, 0.5) is 11.4 Å². The van der Waals surface area contributed by atoms with Crippen molar-refractivity contribution >= 4 is 62.0 Å². The summed E-state index contributed by atoms with van der Waals surface area (Å²) in [4.78, 5) is 64.7. The number of amides is 1. The number of anilines is 2. The maximum absolute atomic E-state index is 14.9. The van der Waals surface area contributed by atoms with Crippen LogP contribution in [0, 0.1) is 36.5 Å². The third-order valence-corrected chi connectivity index (χ3v) is 13.5. The number of aromatic nitrogens is 1. The number of aliphatic hydroxyl groups is 2. The molecule has 16 nitrogen and oxygen atoms in total. The lowest BCUT2D eigenvalue weighted by Gasteiger charge is -2.36. The van der Waals surface area contributed by atoms with Crippen LogP contribution in [0.2, 0.25) is 0 Å². The minimum atomic E-state index is -1.95. The minimum Gasteiger partial charge on any atom is -0.507 e. The van der Waals surface area contributed by atoms with E-state index in [1.54, 1.807) is 31.2 Å². The molecule has 0 aliphatic carbocycles. The van der Waals surface area contributed by atoms with Crippen molar-refractivity contribution in [2.24, 2.45) is 29.6 Å². The summed E-state index contributed by atoms with van der Waals surface area (Å²) in [6.07, 6.45) is 6.24. The number of esters is 1. The van der Waals surface area contributed by atoms with Gasteiger partial charge in [-0.25, -0.2) is 4.98 Å². The molecule has 4 aromatic rings. The third-order valence-electron chi connectivity index (χ3n) is 13.5. The van der Waals surface area contributed by atoms with Gasteiger partial charge in [0, 0.05) is 99.9 Å². The Morgan fingerprint density at radius 3 is 2.36 bits per heavy atom. The molecule has 3 aliphatic heterocycles. The van der Waals surface area contributed by atoms with Crippen LogP contribution in [0.3, 0.4) is 0 Å². The third kappa shape index (κ3) is 9.48. The smallest absolute Gasteiger partial charge is 0.307 e.